The lowest BCUT2D eigenvalue weighted by Crippen LogP contribution is -2.34. The second kappa shape index (κ2) is 4.47. The van der Waals surface area contributed by atoms with Gasteiger partial charge in [-0.1, -0.05) is 0 Å². The molecule has 1 aliphatic carbocycles. The molecule has 3 N–H and O–H groups in total. The van der Waals surface area contributed by atoms with E-state index in [-0.39, 0.29) is 6.54 Å². The van der Waals surface area contributed by atoms with Crippen molar-refractivity contribution in [2.75, 3.05) is 6.35 Å². The number of ether oxygens (including phenoxy) is 1. The summed E-state index contributed by atoms with van der Waals surface area (Å²) in [6.07, 6.45) is 1.92. The van der Waals surface area contributed by atoms with Gasteiger partial charge in [-0.05, 0) is 12.8 Å². The van der Waals surface area contributed by atoms with E-state index < -0.39 is 30.8 Å². The number of H-pyrrole nitrogens is 1. The van der Waals surface area contributed by atoms with Crippen LogP contribution in [0.2, 0.25) is 0 Å². The van der Waals surface area contributed by atoms with Crippen LogP contribution in [0.15, 0.2) is 21.9 Å². The first-order valence-electron chi connectivity index (χ1n) is 5.28. The normalized spacial score (nSPS) is 17.7. The Hall–Kier alpha value is -1.21. The van der Waals surface area contributed by atoms with Gasteiger partial charge >= 0.3 is 13.3 Å². The van der Waals surface area contributed by atoms with Crippen LogP contribution in [0.5, 0.6) is 0 Å². The van der Waals surface area contributed by atoms with Gasteiger partial charge in [-0.2, -0.15) is 0 Å². The molecule has 0 atom stereocenters. The molecule has 9 heteroatoms. The second-order valence-electron chi connectivity index (χ2n) is 4.36. The third kappa shape index (κ3) is 3.39. The third-order valence-electron chi connectivity index (χ3n) is 2.70. The Bertz CT molecular complexity index is 596. The molecular formula is C9H13N2O6P. The van der Waals surface area contributed by atoms with Crippen molar-refractivity contribution in [2.24, 2.45) is 0 Å². The fraction of sp³-hybridized carbons (Fsp3) is 0.556. The Balaban J connectivity index is 2.07. The van der Waals surface area contributed by atoms with Crippen molar-refractivity contribution in [2.45, 2.75) is 25.0 Å². The topological polar surface area (TPSA) is 122 Å². The van der Waals surface area contributed by atoms with E-state index >= 15 is 0 Å². The predicted molar refractivity (Wildman–Crippen MR) is 61.3 cm³/mol. The van der Waals surface area contributed by atoms with E-state index in [1.807, 2.05) is 0 Å². The third-order valence-corrected chi connectivity index (χ3v) is 3.17. The summed E-state index contributed by atoms with van der Waals surface area (Å²) in [7, 11) is -4.21. The molecule has 2 rings (SSSR count). The summed E-state index contributed by atoms with van der Waals surface area (Å²) in [6.45, 7) is 0.169. The highest BCUT2D eigenvalue weighted by molar-refractivity contribution is 7.51. The molecule has 1 aliphatic rings. The summed E-state index contributed by atoms with van der Waals surface area (Å²) < 4.78 is 17.2. The van der Waals surface area contributed by atoms with Crippen LogP contribution in [0.4, 0.5) is 0 Å². The van der Waals surface area contributed by atoms with Crippen molar-refractivity contribution >= 4 is 7.60 Å². The molecule has 18 heavy (non-hydrogen) atoms. The van der Waals surface area contributed by atoms with Gasteiger partial charge in [0.05, 0.1) is 12.1 Å². The van der Waals surface area contributed by atoms with Crippen molar-refractivity contribution in [1.82, 2.24) is 9.55 Å². The van der Waals surface area contributed by atoms with Crippen LogP contribution in [-0.4, -0.2) is 31.3 Å². The average molecular weight is 276 g/mol. The molecule has 0 bridgehead atoms. The monoisotopic (exact) mass is 276 g/mol. The SMILES string of the molecule is O=c1ccn(CC2(OCP(=O)(O)O)CC2)c(=O)[nH]1. The molecule has 8 nitrogen and oxygen atoms in total. The zero-order chi connectivity index (χ0) is 13.4. The lowest BCUT2D eigenvalue weighted by Gasteiger charge is -2.17. The minimum absolute atomic E-state index is 0.169. The standard InChI is InChI=1S/C9H13N2O6P/c12-7-1-4-11(8(13)10-7)5-9(2-3-9)17-6-18(14,15)16/h1,4H,2-3,5-6H2,(H,10,12,13)(H2,14,15,16). The fourth-order valence-corrected chi connectivity index (χ4v) is 2.03. The largest absolute Gasteiger partial charge is 0.361 e. The first kappa shape index (κ1) is 13.2. The quantitative estimate of drug-likeness (QED) is 0.606. The molecule has 0 radical (unpaired) electrons. The summed E-state index contributed by atoms with van der Waals surface area (Å²) >= 11 is 0. The molecule has 1 aromatic heterocycles. The predicted octanol–water partition coefficient (Wildman–Crippen LogP) is -0.779. The van der Waals surface area contributed by atoms with E-state index in [0.29, 0.717) is 12.8 Å². The lowest BCUT2D eigenvalue weighted by molar-refractivity contribution is 0.0400. The first-order valence-corrected chi connectivity index (χ1v) is 7.08. The van der Waals surface area contributed by atoms with E-state index in [2.05, 4.69) is 4.98 Å². The Morgan fingerprint density at radius 2 is 2.11 bits per heavy atom. The van der Waals surface area contributed by atoms with Crippen LogP contribution in [0.1, 0.15) is 12.8 Å². The zero-order valence-corrected chi connectivity index (χ0v) is 10.3. The summed E-state index contributed by atoms with van der Waals surface area (Å²) in [6, 6.07) is 1.21. The highest BCUT2D eigenvalue weighted by atomic mass is 31.2. The molecule has 1 heterocycles. The molecule has 0 saturated heterocycles. The van der Waals surface area contributed by atoms with Gasteiger partial charge in [0.1, 0.15) is 6.35 Å². The van der Waals surface area contributed by atoms with Crippen LogP contribution in [0, 0.1) is 0 Å². The average Bonchev–Trinajstić information content (AvgIpc) is 3.00. The number of aromatic amines is 1. The van der Waals surface area contributed by atoms with Crippen molar-refractivity contribution in [3.63, 3.8) is 0 Å². The minimum atomic E-state index is -4.21. The maximum absolute atomic E-state index is 11.4. The van der Waals surface area contributed by atoms with Crippen LogP contribution < -0.4 is 11.2 Å². The summed E-state index contributed by atoms with van der Waals surface area (Å²) in [5, 5.41) is 0. The Kier molecular flexibility index (Phi) is 3.29. The molecule has 1 fully saturated rings. The fourth-order valence-electron chi connectivity index (χ4n) is 1.59. The summed E-state index contributed by atoms with van der Waals surface area (Å²) in [5.74, 6) is 0. The van der Waals surface area contributed by atoms with Crippen LogP contribution in [0.3, 0.4) is 0 Å². The van der Waals surface area contributed by atoms with Crippen molar-refractivity contribution < 1.29 is 19.1 Å². The first-order chi connectivity index (χ1) is 8.30. The van der Waals surface area contributed by atoms with Crippen molar-refractivity contribution in [3.8, 4) is 0 Å². The van der Waals surface area contributed by atoms with E-state index in [1.165, 1.54) is 16.8 Å². The number of rotatable bonds is 5. The summed E-state index contributed by atoms with van der Waals surface area (Å²) in [4.78, 5) is 41.9. The van der Waals surface area contributed by atoms with E-state index in [4.69, 9.17) is 14.5 Å². The molecule has 0 amide bonds. The molecule has 0 aliphatic heterocycles. The molecule has 0 spiro atoms. The number of nitrogens with zero attached hydrogens (tertiary/aromatic N) is 1. The van der Waals surface area contributed by atoms with Gasteiger partial charge in [-0.3, -0.25) is 18.9 Å². The highest BCUT2D eigenvalue weighted by Gasteiger charge is 2.45. The Labute approximate surface area is 101 Å². The number of aromatic nitrogens is 2. The van der Waals surface area contributed by atoms with Gasteiger partial charge in [0.25, 0.3) is 5.56 Å². The van der Waals surface area contributed by atoms with Gasteiger partial charge in [-0.15, -0.1) is 0 Å². The van der Waals surface area contributed by atoms with Crippen molar-refractivity contribution in [1.29, 1.82) is 0 Å². The van der Waals surface area contributed by atoms with E-state index in [1.54, 1.807) is 0 Å². The molecule has 0 unspecified atom stereocenters. The van der Waals surface area contributed by atoms with Gasteiger partial charge in [0, 0.05) is 12.3 Å². The molecular weight excluding hydrogens is 263 g/mol. The lowest BCUT2D eigenvalue weighted by atomic mass is 10.3. The Morgan fingerprint density at radius 3 is 2.61 bits per heavy atom. The smallest absolute Gasteiger partial charge is 0.351 e. The van der Waals surface area contributed by atoms with Gasteiger partial charge in [0.2, 0.25) is 0 Å². The number of nitrogens with one attached hydrogen (secondary N) is 1. The molecule has 0 aromatic carbocycles. The minimum Gasteiger partial charge on any atom is -0.361 e. The zero-order valence-electron chi connectivity index (χ0n) is 9.40. The second-order valence-corrected chi connectivity index (χ2v) is 5.95. The van der Waals surface area contributed by atoms with Gasteiger partial charge in [-0.25, -0.2) is 4.79 Å². The summed E-state index contributed by atoms with van der Waals surface area (Å²) in [5.41, 5.74) is -1.76. The van der Waals surface area contributed by atoms with Gasteiger partial charge in [0.15, 0.2) is 0 Å². The van der Waals surface area contributed by atoms with E-state index in [9.17, 15) is 14.2 Å². The highest BCUT2D eigenvalue weighted by Crippen LogP contribution is 2.45. The van der Waals surface area contributed by atoms with Gasteiger partial charge < -0.3 is 14.5 Å². The van der Waals surface area contributed by atoms with E-state index in [0.717, 1.165) is 0 Å². The van der Waals surface area contributed by atoms with Crippen LogP contribution in [-0.2, 0) is 15.8 Å². The van der Waals surface area contributed by atoms with Crippen LogP contribution >= 0.6 is 7.60 Å². The number of hydrogen-bond donors (Lipinski definition) is 3. The van der Waals surface area contributed by atoms with Crippen LogP contribution in [0.25, 0.3) is 0 Å². The van der Waals surface area contributed by atoms with Crippen molar-refractivity contribution in [3.05, 3.63) is 33.1 Å². The Morgan fingerprint density at radius 1 is 1.44 bits per heavy atom. The maximum atomic E-state index is 11.4. The molecule has 100 valence electrons. The maximum Gasteiger partial charge on any atom is 0.351 e. The number of hydrogen-bond acceptors (Lipinski definition) is 4. The molecule has 1 aromatic rings. The molecule has 1 saturated carbocycles.